The van der Waals surface area contributed by atoms with E-state index >= 15 is 0 Å². The van der Waals surface area contributed by atoms with Crippen LogP contribution in [0.25, 0.3) is 11.0 Å². The molecule has 0 saturated carbocycles. The van der Waals surface area contributed by atoms with Crippen molar-refractivity contribution in [3.05, 3.63) is 39.5 Å². The SMILES string of the molecule is Cc1nc(O)c2c(CCc3ccc(C(=O)N[C@@H](CCC(=O)N[C@@H](CCC(=O)N[C@@H](CCC(=O)O)C(=O)O)C(=O)O)C(=O)O)s3)c[nH]c2n1. The molecule has 48 heavy (non-hydrogen) atoms. The molecule has 0 spiro atoms. The van der Waals surface area contributed by atoms with Gasteiger partial charge in [0.15, 0.2) is 0 Å². The number of aromatic nitrogens is 3. The van der Waals surface area contributed by atoms with Crippen LogP contribution in [-0.2, 0) is 41.6 Å². The van der Waals surface area contributed by atoms with Crippen LogP contribution in [0.2, 0.25) is 0 Å². The van der Waals surface area contributed by atoms with E-state index in [0.29, 0.717) is 29.7 Å². The predicted molar refractivity (Wildman–Crippen MR) is 165 cm³/mol. The number of nitrogens with zero attached hydrogens (tertiary/aromatic N) is 2. The normalized spacial score (nSPS) is 12.9. The molecule has 3 amide bonds. The van der Waals surface area contributed by atoms with Crippen LogP contribution in [0.3, 0.4) is 0 Å². The lowest BCUT2D eigenvalue weighted by Gasteiger charge is -2.17. The summed E-state index contributed by atoms with van der Waals surface area (Å²) in [6.45, 7) is 1.65. The largest absolute Gasteiger partial charge is 0.493 e. The highest BCUT2D eigenvalue weighted by Gasteiger charge is 2.27. The minimum Gasteiger partial charge on any atom is -0.493 e. The molecule has 9 N–H and O–H groups in total. The third-order valence-corrected chi connectivity index (χ3v) is 8.21. The highest BCUT2D eigenvalue weighted by atomic mass is 32.1. The zero-order chi connectivity index (χ0) is 35.5. The summed E-state index contributed by atoms with van der Waals surface area (Å²) in [6.07, 6.45) is -0.0226. The number of hydrogen-bond acceptors (Lipinski definition) is 11. The molecule has 18 nitrogen and oxygen atoms in total. The number of hydrogen-bond donors (Lipinski definition) is 9. The van der Waals surface area contributed by atoms with Gasteiger partial charge < -0.3 is 46.5 Å². The lowest BCUT2D eigenvalue weighted by Crippen LogP contribution is -2.45. The third kappa shape index (κ3) is 10.7. The van der Waals surface area contributed by atoms with Crippen molar-refractivity contribution < 1.29 is 59.1 Å². The molecule has 0 fully saturated rings. The maximum absolute atomic E-state index is 12.8. The number of carboxylic acids is 4. The fraction of sp³-hybridized carbons (Fsp3) is 0.414. The van der Waals surface area contributed by atoms with Crippen LogP contribution in [0.4, 0.5) is 0 Å². The molecular weight excluding hydrogens is 656 g/mol. The molecule has 0 aliphatic heterocycles. The van der Waals surface area contributed by atoms with Gasteiger partial charge in [0.1, 0.15) is 29.6 Å². The fourth-order valence-corrected chi connectivity index (χ4v) is 5.54. The zero-order valence-electron chi connectivity index (χ0n) is 25.5. The van der Waals surface area contributed by atoms with Crippen LogP contribution >= 0.6 is 11.3 Å². The maximum atomic E-state index is 12.8. The molecule has 0 unspecified atom stereocenters. The van der Waals surface area contributed by atoms with Crippen molar-refractivity contribution in [2.45, 2.75) is 76.4 Å². The van der Waals surface area contributed by atoms with E-state index in [1.165, 1.54) is 6.07 Å². The van der Waals surface area contributed by atoms with Crippen molar-refractivity contribution in [1.82, 2.24) is 30.9 Å². The number of H-pyrrole nitrogens is 1. The first-order chi connectivity index (χ1) is 22.6. The van der Waals surface area contributed by atoms with Crippen molar-refractivity contribution in [3.63, 3.8) is 0 Å². The van der Waals surface area contributed by atoms with Gasteiger partial charge in [-0.15, -0.1) is 11.3 Å². The molecule has 3 aromatic rings. The van der Waals surface area contributed by atoms with Crippen LogP contribution in [0.5, 0.6) is 5.88 Å². The van der Waals surface area contributed by atoms with Crippen LogP contribution in [0.1, 0.15) is 64.5 Å². The summed E-state index contributed by atoms with van der Waals surface area (Å²) >= 11 is 1.14. The van der Waals surface area contributed by atoms with E-state index in [1.54, 1.807) is 19.2 Å². The summed E-state index contributed by atoms with van der Waals surface area (Å²) in [6, 6.07) is -1.32. The van der Waals surface area contributed by atoms with Crippen molar-refractivity contribution in [2.24, 2.45) is 0 Å². The maximum Gasteiger partial charge on any atom is 0.326 e. The van der Waals surface area contributed by atoms with Gasteiger partial charge in [0.2, 0.25) is 17.7 Å². The average molecular weight is 691 g/mol. The predicted octanol–water partition coefficient (Wildman–Crippen LogP) is 0.566. The molecule has 3 heterocycles. The number of carbonyl (C=O) groups excluding carboxylic acids is 3. The van der Waals surface area contributed by atoms with Gasteiger partial charge in [-0.2, -0.15) is 4.98 Å². The van der Waals surface area contributed by atoms with Crippen LogP contribution in [0, 0.1) is 6.92 Å². The van der Waals surface area contributed by atoms with Crippen LogP contribution in [-0.4, -0.2) is 100 Å². The number of aliphatic carboxylic acids is 4. The Morgan fingerprint density at radius 3 is 1.85 bits per heavy atom. The monoisotopic (exact) mass is 690 g/mol. The summed E-state index contributed by atoms with van der Waals surface area (Å²) in [7, 11) is 0. The first kappa shape index (κ1) is 36.9. The van der Waals surface area contributed by atoms with Gasteiger partial charge in [-0.05, 0) is 56.7 Å². The number of aromatic hydroxyl groups is 1. The smallest absolute Gasteiger partial charge is 0.326 e. The number of nitrogens with one attached hydrogen (secondary N) is 4. The number of amides is 3. The molecule has 3 atom stereocenters. The highest BCUT2D eigenvalue weighted by molar-refractivity contribution is 7.14. The minimum absolute atomic E-state index is 0.142. The number of aryl methyl sites for hydroxylation is 3. The molecule has 0 radical (unpaired) electrons. The number of thiophene rings is 1. The Morgan fingerprint density at radius 2 is 1.31 bits per heavy atom. The molecule has 3 rings (SSSR count). The minimum atomic E-state index is -1.57. The Hall–Kier alpha value is -5.59. The first-order valence-corrected chi connectivity index (χ1v) is 15.4. The van der Waals surface area contributed by atoms with Gasteiger partial charge in [-0.25, -0.2) is 19.4 Å². The van der Waals surface area contributed by atoms with E-state index in [0.717, 1.165) is 21.8 Å². The van der Waals surface area contributed by atoms with Gasteiger partial charge in [0.25, 0.3) is 5.91 Å². The summed E-state index contributed by atoms with van der Waals surface area (Å²) in [5, 5.41) is 54.3. The highest BCUT2D eigenvalue weighted by Crippen LogP contribution is 2.27. The van der Waals surface area contributed by atoms with Crippen molar-refractivity contribution in [2.75, 3.05) is 0 Å². The Bertz CT molecular complexity index is 1700. The Morgan fingerprint density at radius 1 is 0.771 bits per heavy atom. The summed E-state index contributed by atoms with van der Waals surface area (Å²) in [4.78, 5) is 95.0. The second-order valence-corrected chi connectivity index (χ2v) is 11.9. The fourth-order valence-electron chi connectivity index (χ4n) is 4.63. The van der Waals surface area contributed by atoms with E-state index in [2.05, 4.69) is 30.9 Å². The van der Waals surface area contributed by atoms with Gasteiger partial charge in [-0.3, -0.25) is 19.2 Å². The molecule has 258 valence electrons. The number of fused-ring (bicyclic) bond motifs is 1. The van der Waals surface area contributed by atoms with Crippen LogP contribution in [0.15, 0.2) is 18.3 Å². The van der Waals surface area contributed by atoms with Gasteiger partial charge in [-0.1, -0.05) is 0 Å². The summed E-state index contributed by atoms with van der Waals surface area (Å²) in [5.74, 6) is -7.82. The van der Waals surface area contributed by atoms with Gasteiger partial charge in [0, 0.05) is 30.3 Å². The van der Waals surface area contributed by atoms with Gasteiger partial charge in [0.05, 0.1) is 10.3 Å². The van der Waals surface area contributed by atoms with E-state index in [9.17, 15) is 48.9 Å². The molecule has 0 aliphatic rings. The van der Waals surface area contributed by atoms with E-state index in [1.807, 2.05) is 0 Å². The van der Waals surface area contributed by atoms with Crippen molar-refractivity contribution in [1.29, 1.82) is 0 Å². The van der Waals surface area contributed by atoms with E-state index < -0.39 is 91.8 Å². The zero-order valence-corrected chi connectivity index (χ0v) is 26.3. The summed E-state index contributed by atoms with van der Waals surface area (Å²) in [5.41, 5.74) is 1.28. The van der Waals surface area contributed by atoms with E-state index in [-0.39, 0.29) is 17.2 Å². The van der Waals surface area contributed by atoms with Gasteiger partial charge >= 0.3 is 23.9 Å². The topological polar surface area (TPSA) is 298 Å². The second kappa shape index (κ2) is 16.8. The number of carbonyl (C=O) groups is 7. The molecule has 0 aromatic carbocycles. The first-order valence-electron chi connectivity index (χ1n) is 14.6. The third-order valence-electron chi connectivity index (χ3n) is 7.07. The Balaban J connectivity index is 1.49. The molecule has 0 bridgehead atoms. The van der Waals surface area contributed by atoms with Crippen molar-refractivity contribution in [3.8, 4) is 5.88 Å². The second-order valence-electron chi connectivity index (χ2n) is 10.7. The molecule has 0 saturated heterocycles. The lowest BCUT2D eigenvalue weighted by atomic mass is 10.1. The molecule has 19 heteroatoms. The standard InChI is InChI=1S/C29H34N6O12S/c1-13-31-24-23(26(41)32-13)14(12-30-24)2-3-15-4-8-19(48-15)25(40)35-18(29(46)47)6-10-21(37)33-16(27(42)43)5-9-20(36)34-17(28(44)45)7-11-22(38)39/h4,8,12,16-18H,2-3,5-7,9-11H2,1H3,(H,33,37)(H,34,36)(H,35,40)(H,38,39)(H,42,43)(H,44,45)(H,46,47)(H2,30,31,32,41)/t16-,17-,18-/m0/s1. The number of carboxylic acid groups (broad SMARTS) is 4. The quantitative estimate of drug-likeness (QED) is 0.0831. The van der Waals surface area contributed by atoms with Crippen molar-refractivity contribution >= 4 is 64.0 Å². The number of rotatable bonds is 19. The number of aromatic amines is 1. The molecule has 3 aromatic heterocycles. The Labute approximate surface area is 275 Å². The van der Waals surface area contributed by atoms with Crippen LogP contribution < -0.4 is 16.0 Å². The Kier molecular flexibility index (Phi) is 12.9. The average Bonchev–Trinajstić information content (AvgIpc) is 3.65. The molecule has 0 aliphatic carbocycles. The lowest BCUT2D eigenvalue weighted by molar-refractivity contribution is -0.144. The summed E-state index contributed by atoms with van der Waals surface area (Å²) < 4.78 is 0. The van der Waals surface area contributed by atoms with E-state index in [4.69, 9.17) is 10.2 Å². The molecular formula is C29H34N6O12S.